The third-order valence-electron chi connectivity index (χ3n) is 4.42. The molecule has 1 nitrogen and oxygen atoms in total. The van der Waals surface area contributed by atoms with Crippen LogP contribution in [0.4, 0.5) is 0 Å². The van der Waals surface area contributed by atoms with Crippen molar-refractivity contribution in [2.24, 2.45) is 23.7 Å². The molecule has 1 aliphatic heterocycles. The van der Waals surface area contributed by atoms with Crippen molar-refractivity contribution in [2.75, 3.05) is 0 Å². The van der Waals surface area contributed by atoms with E-state index in [0.29, 0.717) is 12.2 Å². The summed E-state index contributed by atoms with van der Waals surface area (Å²) in [7, 11) is 0. The van der Waals surface area contributed by atoms with Crippen LogP contribution in [0.15, 0.2) is 0 Å². The molecule has 3 saturated carbocycles. The minimum Gasteiger partial charge on any atom is -0.369 e. The third-order valence-corrected chi connectivity index (χ3v) is 4.42. The standard InChI is InChI=1S/C10H13O/c1-2-6-3-5(1)7-4-8-10(11-8)9(6)7/h2,5-10H,1,3-4H2. The third kappa shape index (κ3) is 0.516. The van der Waals surface area contributed by atoms with Crippen LogP contribution >= 0.6 is 0 Å². The zero-order valence-corrected chi connectivity index (χ0v) is 6.57. The second-order valence-corrected chi connectivity index (χ2v) is 4.75. The van der Waals surface area contributed by atoms with Crippen molar-refractivity contribution in [3.63, 3.8) is 0 Å². The molecule has 6 atom stereocenters. The largest absolute Gasteiger partial charge is 0.369 e. The molecule has 11 heavy (non-hydrogen) atoms. The Bertz CT molecular complexity index is 213. The summed E-state index contributed by atoms with van der Waals surface area (Å²) in [6.07, 6.45) is 8.32. The lowest BCUT2D eigenvalue weighted by Gasteiger charge is -2.25. The minimum absolute atomic E-state index is 0.710. The van der Waals surface area contributed by atoms with Crippen LogP contribution in [0.5, 0.6) is 0 Å². The van der Waals surface area contributed by atoms with Crippen molar-refractivity contribution < 1.29 is 4.74 Å². The van der Waals surface area contributed by atoms with E-state index in [1.54, 1.807) is 0 Å². The van der Waals surface area contributed by atoms with Crippen LogP contribution in [0, 0.1) is 30.1 Å². The molecule has 0 N–H and O–H groups in total. The maximum atomic E-state index is 5.60. The quantitative estimate of drug-likeness (QED) is 0.477. The highest BCUT2D eigenvalue weighted by Gasteiger charge is 2.64. The smallest absolute Gasteiger partial charge is 0.0875 e. The fourth-order valence-corrected chi connectivity index (χ4v) is 3.98. The van der Waals surface area contributed by atoms with E-state index in [4.69, 9.17) is 4.74 Å². The summed E-state index contributed by atoms with van der Waals surface area (Å²) in [6, 6.07) is 0. The average molecular weight is 149 g/mol. The van der Waals surface area contributed by atoms with Crippen LogP contribution in [0.3, 0.4) is 0 Å². The van der Waals surface area contributed by atoms with E-state index in [1.165, 1.54) is 19.3 Å². The Labute approximate surface area is 67.1 Å². The van der Waals surface area contributed by atoms with Crippen LogP contribution in [0.1, 0.15) is 19.3 Å². The summed E-state index contributed by atoms with van der Waals surface area (Å²) < 4.78 is 5.60. The van der Waals surface area contributed by atoms with Gasteiger partial charge in [-0.3, -0.25) is 0 Å². The molecule has 1 heteroatoms. The van der Waals surface area contributed by atoms with Gasteiger partial charge in [0, 0.05) is 0 Å². The van der Waals surface area contributed by atoms with Crippen LogP contribution in [-0.4, -0.2) is 12.2 Å². The predicted molar refractivity (Wildman–Crippen MR) is 40.8 cm³/mol. The molecule has 4 aliphatic rings. The summed E-state index contributed by atoms with van der Waals surface area (Å²) in [5.41, 5.74) is 0. The second kappa shape index (κ2) is 1.52. The molecule has 6 unspecified atom stereocenters. The molecule has 2 bridgehead atoms. The fourth-order valence-electron chi connectivity index (χ4n) is 3.98. The Morgan fingerprint density at radius 3 is 3.18 bits per heavy atom. The number of epoxide rings is 1. The Kier molecular flexibility index (Phi) is 0.769. The molecule has 1 radical (unpaired) electrons. The molecule has 4 rings (SSSR count). The van der Waals surface area contributed by atoms with Crippen molar-refractivity contribution in [1.29, 1.82) is 0 Å². The number of fused-ring (bicyclic) bond motifs is 7. The molecule has 3 aliphatic carbocycles. The molecule has 0 aromatic carbocycles. The Morgan fingerprint density at radius 2 is 2.27 bits per heavy atom. The molecule has 1 heterocycles. The monoisotopic (exact) mass is 149 g/mol. The lowest BCUT2D eigenvalue weighted by atomic mass is 9.81. The van der Waals surface area contributed by atoms with E-state index in [0.717, 1.165) is 23.7 Å². The zero-order chi connectivity index (χ0) is 7.00. The number of rotatable bonds is 0. The lowest BCUT2D eigenvalue weighted by molar-refractivity contribution is 0.167. The van der Waals surface area contributed by atoms with E-state index < -0.39 is 0 Å². The van der Waals surface area contributed by atoms with Gasteiger partial charge in [-0.05, 0) is 49.4 Å². The first kappa shape index (κ1) is 5.58. The lowest BCUT2D eigenvalue weighted by Crippen LogP contribution is -2.22. The van der Waals surface area contributed by atoms with Crippen LogP contribution in [-0.2, 0) is 4.74 Å². The molecule has 0 spiro atoms. The summed E-state index contributed by atoms with van der Waals surface area (Å²) >= 11 is 0. The van der Waals surface area contributed by atoms with Gasteiger partial charge < -0.3 is 4.74 Å². The van der Waals surface area contributed by atoms with Crippen LogP contribution < -0.4 is 0 Å². The van der Waals surface area contributed by atoms with Gasteiger partial charge in [0.05, 0.1) is 12.2 Å². The van der Waals surface area contributed by atoms with Crippen molar-refractivity contribution in [2.45, 2.75) is 31.5 Å². The molecule has 59 valence electrons. The molecular formula is C10H13O. The number of hydrogen-bond acceptors (Lipinski definition) is 1. The van der Waals surface area contributed by atoms with Crippen molar-refractivity contribution in [3.05, 3.63) is 6.42 Å². The first-order valence-electron chi connectivity index (χ1n) is 4.92. The average Bonchev–Trinajstić information content (AvgIpc) is 2.53. The van der Waals surface area contributed by atoms with E-state index in [1.807, 2.05) is 0 Å². The summed E-state index contributed by atoms with van der Waals surface area (Å²) in [5, 5.41) is 0. The van der Waals surface area contributed by atoms with Crippen molar-refractivity contribution in [3.8, 4) is 0 Å². The summed E-state index contributed by atoms with van der Waals surface area (Å²) in [6.45, 7) is 0. The minimum atomic E-state index is 0.710. The van der Waals surface area contributed by atoms with Gasteiger partial charge in [0.25, 0.3) is 0 Å². The molecule has 1 saturated heterocycles. The van der Waals surface area contributed by atoms with Crippen molar-refractivity contribution >= 4 is 0 Å². The van der Waals surface area contributed by atoms with Gasteiger partial charge in [-0.25, -0.2) is 0 Å². The fraction of sp³-hybridized carbons (Fsp3) is 0.900. The van der Waals surface area contributed by atoms with Gasteiger partial charge in [0.15, 0.2) is 0 Å². The van der Waals surface area contributed by atoms with Gasteiger partial charge in [0.2, 0.25) is 0 Å². The van der Waals surface area contributed by atoms with E-state index >= 15 is 0 Å². The maximum Gasteiger partial charge on any atom is 0.0875 e. The van der Waals surface area contributed by atoms with E-state index in [-0.39, 0.29) is 0 Å². The summed E-state index contributed by atoms with van der Waals surface area (Å²) in [5.74, 6) is 4.08. The maximum absolute atomic E-state index is 5.60. The molecule has 0 aromatic heterocycles. The first-order valence-corrected chi connectivity index (χ1v) is 4.92. The number of hydrogen-bond donors (Lipinski definition) is 0. The molecule has 0 aromatic rings. The van der Waals surface area contributed by atoms with Gasteiger partial charge in [-0.15, -0.1) is 0 Å². The molecular weight excluding hydrogens is 136 g/mol. The van der Waals surface area contributed by atoms with Gasteiger partial charge in [-0.2, -0.15) is 0 Å². The number of ether oxygens (including phenoxy) is 1. The highest BCUT2D eigenvalue weighted by Crippen LogP contribution is 2.63. The normalized spacial score (nSPS) is 69.8. The molecule has 0 amide bonds. The van der Waals surface area contributed by atoms with E-state index in [9.17, 15) is 0 Å². The predicted octanol–water partition coefficient (Wildman–Crippen LogP) is 1.63. The first-order chi connectivity index (χ1) is 5.43. The van der Waals surface area contributed by atoms with Gasteiger partial charge in [0.1, 0.15) is 0 Å². The van der Waals surface area contributed by atoms with E-state index in [2.05, 4.69) is 6.42 Å². The van der Waals surface area contributed by atoms with Crippen LogP contribution in [0.2, 0.25) is 0 Å². The van der Waals surface area contributed by atoms with Gasteiger partial charge in [-0.1, -0.05) is 0 Å². The summed E-state index contributed by atoms with van der Waals surface area (Å²) in [4.78, 5) is 0. The molecule has 4 fully saturated rings. The van der Waals surface area contributed by atoms with Crippen LogP contribution in [0.25, 0.3) is 0 Å². The Balaban J connectivity index is 1.76. The Hall–Kier alpha value is -0.0400. The second-order valence-electron chi connectivity index (χ2n) is 4.75. The Morgan fingerprint density at radius 1 is 1.27 bits per heavy atom. The zero-order valence-electron chi connectivity index (χ0n) is 6.57. The SMILES string of the molecule is [CH]1CC2CC1C1C2CC2OC21. The topological polar surface area (TPSA) is 12.5 Å². The van der Waals surface area contributed by atoms with Crippen molar-refractivity contribution in [1.82, 2.24) is 0 Å². The highest BCUT2D eigenvalue weighted by molar-refractivity contribution is 5.16. The van der Waals surface area contributed by atoms with Gasteiger partial charge >= 0.3 is 0 Å². The highest BCUT2D eigenvalue weighted by atomic mass is 16.6.